The zero-order chi connectivity index (χ0) is 20.1. The second-order valence-electron chi connectivity index (χ2n) is 6.43. The monoisotopic (exact) mass is 443 g/mol. The first-order chi connectivity index (χ1) is 14.0. The van der Waals surface area contributed by atoms with Gasteiger partial charge in [0.05, 0.1) is 17.1 Å². The van der Waals surface area contributed by atoms with Gasteiger partial charge in [0.25, 0.3) is 11.9 Å². The van der Waals surface area contributed by atoms with Gasteiger partial charge in [-0.05, 0) is 42.0 Å². The van der Waals surface area contributed by atoms with Crippen LogP contribution < -0.4 is 10.6 Å². The van der Waals surface area contributed by atoms with E-state index in [1.165, 1.54) is 11.3 Å². The van der Waals surface area contributed by atoms with Gasteiger partial charge in [0, 0.05) is 27.2 Å². The minimum Gasteiger partial charge on any atom is -0.326 e. The van der Waals surface area contributed by atoms with Gasteiger partial charge in [-0.3, -0.25) is 14.9 Å². The third-order valence-corrected chi connectivity index (χ3v) is 5.88. The fraction of sp³-hybridized carbons (Fsp3) is 0.0526. The maximum atomic E-state index is 12.6. The normalized spacial score (nSPS) is 12.8. The van der Waals surface area contributed by atoms with E-state index in [0.717, 1.165) is 22.5 Å². The predicted molar refractivity (Wildman–Crippen MR) is 113 cm³/mol. The summed E-state index contributed by atoms with van der Waals surface area (Å²) in [6, 6.07) is 10.2. The van der Waals surface area contributed by atoms with E-state index in [2.05, 4.69) is 20.7 Å². The second-order valence-corrected chi connectivity index (χ2v) is 8.11. The number of hydrogen-bond donors (Lipinski definition) is 2. The van der Waals surface area contributed by atoms with Gasteiger partial charge in [-0.15, -0.1) is 16.4 Å². The molecule has 1 aliphatic heterocycles. The Hall–Kier alpha value is -2.94. The Morgan fingerprint density at radius 3 is 2.93 bits per heavy atom. The molecule has 0 saturated carbocycles. The van der Waals surface area contributed by atoms with Crippen molar-refractivity contribution in [3.8, 4) is 11.3 Å². The van der Waals surface area contributed by atoms with Gasteiger partial charge >= 0.3 is 0 Å². The number of carbonyl (C=O) groups excluding carboxylic acids is 2. The molecule has 0 unspecified atom stereocenters. The molecule has 0 bridgehead atoms. The zero-order valence-corrected chi connectivity index (χ0v) is 16.9. The highest BCUT2D eigenvalue weighted by molar-refractivity contribution is 7.15. The Balaban J connectivity index is 1.44. The van der Waals surface area contributed by atoms with Crippen LogP contribution in [0.4, 0.5) is 11.6 Å². The number of nitrogens with one attached hydrogen (secondary N) is 2. The highest BCUT2D eigenvalue weighted by Gasteiger charge is 2.20. The molecule has 0 fully saturated rings. The Bertz CT molecular complexity index is 1310. The number of carbonyl (C=O) groups is 2. The highest BCUT2D eigenvalue weighted by atomic mass is 35.5. The van der Waals surface area contributed by atoms with Gasteiger partial charge in [0.15, 0.2) is 0 Å². The molecule has 3 heterocycles. The lowest BCUT2D eigenvalue weighted by Crippen LogP contribution is -2.13. The Morgan fingerprint density at radius 1 is 1.21 bits per heavy atom. The van der Waals surface area contributed by atoms with Gasteiger partial charge in [0.2, 0.25) is 10.9 Å². The summed E-state index contributed by atoms with van der Waals surface area (Å²) < 4.78 is 1.61. The summed E-state index contributed by atoms with van der Waals surface area (Å²) in [6.07, 6.45) is 0.263. The molecule has 0 spiro atoms. The van der Waals surface area contributed by atoms with Crippen LogP contribution in [0.3, 0.4) is 0 Å². The first-order valence-corrected chi connectivity index (χ1v) is 10.2. The van der Waals surface area contributed by atoms with E-state index in [-0.39, 0.29) is 24.2 Å². The SMILES string of the molecule is O=C1Cc2cc(C(=O)Nc3nc4scc(-c5cc(Cl)ccc5Cl)n4n3)ccc2N1. The molecule has 29 heavy (non-hydrogen) atoms. The van der Waals surface area contributed by atoms with E-state index >= 15 is 0 Å². The first kappa shape index (κ1) is 18.1. The fourth-order valence-electron chi connectivity index (χ4n) is 3.16. The lowest BCUT2D eigenvalue weighted by Gasteiger charge is -2.04. The number of thiazole rings is 1. The van der Waals surface area contributed by atoms with Crippen molar-refractivity contribution in [2.75, 3.05) is 10.6 Å². The fourth-order valence-corrected chi connectivity index (χ4v) is 4.37. The van der Waals surface area contributed by atoms with Gasteiger partial charge < -0.3 is 5.32 Å². The van der Waals surface area contributed by atoms with Crippen molar-refractivity contribution in [2.24, 2.45) is 0 Å². The molecule has 2 N–H and O–H groups in total. The molecule has 0 aliphatic carbocycles. The zero-order valence-electron chi connectivity index (χ0n) is 14.6. The van der Waals surface area contributed by atoms with Crippen molar-refractivity contribution >= 4 is 62.9 Å². The minimum absolute atomic E-state index is 0.0826. The Labute approximate surface area is 178 Å². The van der Waals surface area contributed by atoms with Gasteiger partial charge in [-0.25, -0.2) is 4.52 Å². The number of nitrogens with zero attached hydrogens (tertiary/aromatic N) is 3. The van der Waals surface area contributed by atoms with Crippen LogP contribution in [-0.4, -0.2) is 26.4 Å². The summed E-state index contributed by atoms with van der Waals surface area (Å²) in [6.45, 7) is 0. The molecule has 0 atom stereocenters. The van der Waals surface area contributed by atoms with Crippen LogP contribution >= 0.6 is 34.5 Å². The first-order valence-electron chi connectivity index (χ1n) is 8.52. The number of rotatable bonds is 3. The molecule has 144 valence electrons. The van der Waals surface area contributed by atoms with Crippen molar-refractivity contribution in [3.05, 3.63) is 63.0 Å². The van der Waals surface area contributed by atoms with E-state index in [4.69, 9.17) is 23.2 Å². The summed E-state index contributed by atoms with van der Waals surface area (Å²) in [5.74, 6) is -0.260. The van der Waals surface area contributed by atoms with Gasteiger partial charge in [0.1, 0.15) is 0 Å². The van der Waals surface area contributed by atoms with Crippen LogP contribution in [0.2, 0.25) is 10.0 Å². The van der Waals surface area contributed by atoms with E-state index in [9.17, 15) is 9.59 Å². The molecule has 0 saturated heterocycles. The summed E-state index contributed by atoms with van der Waals surface area (Å²) >= 11 is 13.8. The van der Waals surface area contributed by atoms with E-state index in [0.29, 0.717) is 20.6 Å². The van der Waals surface area contributed by atoms with E-state index in [1.54, 1.807) is 40.9 Å². The van der Waals surface area contributed by atoms with Crippen LogP contribution in [-0.2, 0) is 11.2 Å². The third-order valence-electron chi connectivity index (χ3n) is 4.50. The lowest BCUT2D eigenvalue weighted by molar-refractivity contribution is -0.115. The van der Waals surface area contributed by atoms with E-state index in [1.807, 2.05) is 5.38 Å². The van der Waals surface area contributed by atoms with Crippen LogP contribution in [0, 0.1) is 0 Å². The molecule has 5 rings (SSSR count). The van der Waals surface area contributed by atoms with Crippen molar-refractivity contribution < 1.29 is 9.59 Å². The predicted octanol–water partition coefficient (Wildman–Crippen LogP) is 4.51. The highest BCUT2D eigenvalue weighted by Crippen LogP contribution is 2.33. The van der Waals surface area contributed by atoms with Crippen molar-refractivity contribution in [3.63, 3.8) is 0 Å². The Kier molecular flexibility index (Phi) is 4.27. The molecule has 10 heteroatoms. The van der Waals surface area contributed by atoms with Crippen molar-refractivity contribution in [1.29, 1.82) is 0 Å². The van der Waals surface area contributed by atoms with Gasteiger partial charge in [-0.1, -0.05) is 23.2 Å². The smallest absolute Gasteiger partial charge is 0.258 e. The maximum absolute atomic E-state index is 12.6. The topological polar surface area (TPSA) is 88.4 Å². The molecule has 2 aromatic heterocycles. The van der Waals surface area contributed by atoms with Crippen molar-refractivity contribution in [2.45, 2.75) is 6.42 Å². The van der Waals surface area contributed by atoms with E-state index < -0.39 is 0 Å². The number of benzene rings is 2. The standard InChI is InChI=1S/C19H11Cl2N5O2S/c20-11-2-3-13(21)12(7-11)15-8-29-19-24-18(25-26(15)19)23-17(28)9-1-4-14-10(5-9)6-16(27)22-14/h1-5,7-8H,6H2,(H,22,27)(H,23,25,28). The summed E-state index contributed by atoms with van der Waals surface area (Å²) in [5.41, 5.74) is 3.41. The number of hydrogen-bond acceptors (Lipinski definition) is 5. The molecule has 0 radical (unpaired) electrons. The number of fused-ring (bicyclic) bond motifs is 2. The van der Waals surface area contributed by atoms with Crippen LogP contribution in [0.5, 0.6) is 0 Å². The summed E-state index contributed by atoms with van der Waals surface area (Å²) in [4.78, 5) is 29.1. The molecule has 4 aromatic rings. The Morgan fingerprint density at radius 2 is 2.07 bits per heavy atom. The number of amides is 2. The van der Waals surface area contributed by atoms with Crippen LogP contribution in [0.25, 0.3) is 16.2 Å². The van der Waals surface area contributed by atoms with Gasteiger partial charge in [-0.2, -0.15) is 4.98 Å². The average Bonchev–Trinajstić information content (AvgIpc) is 3.36. The second kappa shape index (κ2) is 6.84. The quantitative estimate of drug-likeness (QED) is 0.487. The number of anilines is 2. The van der Waals surface area contributed by atoms with Crippen molar-refractivity contribution in [1.82, 2.24) is 14.6 Å². The minimum atomic E-state index is -0.354. The third kappa shape index (κ3) is 3.25. The molecule has 1 aliphatic rings. The largest absolute Gasteiger partial charge is 0.326 e. The molecule has 2 aromatic carbocycles. The molecular formula is C19H11Cl2N5O2S. The number of aromatic nitrogens is 3. The average molecular weight is 444 g/mol. The molecule has 2 amide bonds. The van der Waals surface area contributed by atoms with Crippen LogP contribution in [0.15, 0.2) is 41.8 Å². The molecular weight excluding hydrogens is 433 g/mol. The number of halogens is 2. The summed E-state index contributed by atoms with van der Waals surface area (Å²) in [7, 11) is 0. The summed E-state index contributed by atoms with van der Waals surface area (Å²) in [5, 5.41) is 12.8. The lowest BCUT2D eigenvalue weighted by atomic mass is 10.1. The molecule has 7 nitrogen and oxygen atoms in total. The van der Waals surface area contributed by atoms with Crippen LogP contribution in [0.1, 0.15) is 15.9 Å². The maximum Gasteiger partial charge on any atom is 0.258 e.